The Bertz CT molecular complexity index is 917. The van der Waals surface area contributed by atoms with Crippen LogP contribution in [0, 0.1) is 0 Å². The van der Waals surface area contributed by atoms with Crippen LogP contribution in [0.25, 0.3) is 11.0 Å². The van der Waals surface area contributed by atoms with E-state index >= 15 is 0 Å². The number of benzene rings is 1. The zero-order valence-electron chi connectivity index (χ0n) is 15.2. The first kappa shape index (κ1) is 18.9. The topological polar surface area (TPSA) is 106 Å². The molecular weight excluding hydrogens is 350 g/mol. The summed E-state index contributed by atoms with van der Waals surface area (Å²) in [5.41, 5.74) is 2.01. The molecule has 0 bridgehead atoms. The first-order chi connectivity index (χ1) is 13.0. The van der Waals surface area contributed by atoms with E-state index < -0.39 is 12.1 Å². The van der Waals surface area contributed by atoms with E-state index in [-0.39, 0.29) is 24.5 Å². The Labute approximate surface area is 156 Å². The number of ether oxygens (including phenoxy) is 1. The van der Waals surface area contributed by atoms with Crippen molar-refractivity contribution in [1.29, 1.82) is 0 Å². The Balaban J connectivity index is 1.69. The molecule has 0 aliphatic heterocycles. The van der Waals surface area contributed by atoms with Gasteiger partial charge < -0.3 is 19.6 Å². The highest BCUT2D eigenvalue weighted by Gasteiger charge is 2.19. The van der Waals surface area contributed by atoms with Crippen LogP contribution in [0.2, 0.25) is 0 Å². The van der Waals surface area contributed by atoms with Crippen molar-refractivity contribution in [3.05, 3.63) is 39.7 Å². The van der Waals surface area contributed by atoms with Gasteiger partial charge in [0.2, 0.25) is 0 Å². The van der Waals surface area contributed by atoms with Gasteiger partial charge >= 0.3 is 11.6 Å². The van der Waals surface area contributed by atoms with E-state index in [1.165, 1.54) is 0 Å². The molecule has 1 aliphatic carbocycles. The van der Waals surface area contributed by atoms with E-state index in [0.29, 0.717) is 17.8 Å². The molecule has 1 aliphatic rings. The van der Waals surface area contributed by atoms with E-state index in [9.17, 15) is 14.4 Å². The van der Waals surface area contributed by atoms with Crippen LogP contribution in [0.4, 0.5) is 0 Å². The Morgan fingerprint density at radius 1 is 1.26 bits per heavy atom. The van der Waals surface area contributed by atoms with Crippen molar-refractivity contribution in [2.75, 3.05) is 6.54 Å². The number of carbonyl (C=O) groups is 2. The second-order valence-corrected chi connectivity index (χ2v) is 6.76. The zero-order valence-corrected chi connectivity index (χ0v) is 15.2. The Kier molecular flexibility index (Phi) is 5.78. The molecule has 1 aromatic carbocycles. The molecule has 0 spiro atoms. The maximum absolute atomic E-state index is 12.2. The smallest absolute Gasteiger partial charge is 0.339 e. The van der Waals surface area contributed by atoms with E-state index in [0.717, 1.165) is 42.2 Å². The van der Waals surface area contributed by atoms with Gasteiger partial charge in [-0.05, 0) is 56.7 Å². The summed E-state index contributed by atoms with van der Waals surface area (Å²) in [5.74, 6) is -0.782. The number of hydrogen-bond acceptors (Lipinski definition) is 5. The lowest BCUT2D eigenvalue weighted by molar-refractivity contribution is -0.137. The lowest BCUT2D eigenvalue weighted by Crippen LogP contribution is -2.36. The highest BCUT2D eigenvalue weighted by Crippen LogP contribution is 2.29. The van der Waals surface area contributed by atoms with Crippen LogP contribution < -0.4 is 15.7 Å². The van der Waals surface area contributed by atoms with Gasteiger partial charge in [0, 0.05) is 30.0 Å². The number of rotatable bonds is 7. The molecule has 1 heterocycles. The van der Waals surface area contributed by atoms with E-state index in [4.69, 9.17) is 14.3 Å². The van der Waals surface area contributed by atoms with E-state index in [1.807, 2.05) is 6.07 Å². The highest BCUT2D eigenvalue weighted by molar-refractivity contribution is 5.83. The summed E-state index contributed by atoms with van der Waals surface area (Å²) in [6.07, 6.45) is 3.30. The lowest BCUT2D eigenvalue weighted by Gasteiger charge is -2.17. The number of aryl methyl sites for hydroxylation is 1. The molecule has 7 nitrogen and oxygen atoms in total. The quantitative estimate of drug-likeness (QED) is 0.570. The number of carboxylic acid groups (broad SMARTS) is 1. The van der Waals surface area contributed by atoms with Gasteiger partial charge in [0.1, 0.15) is 11.3 Å². The zero-order chi connectivity index (χ0) is 19.4. The summed E-state index contributed by atoms with van der Waals surface area (Å²) in [6, 6.07) is 5.28. The number of aliphatic carboxylic acids is 1. The van der Waals surface area contributed by atoms with Crippen molar-refractivity contribution in [1.82, 2.24) is 5.32 Å². The van der Waals surface area contributed by atoms with Crippen molar-refractivity contribution >= 4 is 22.8 Å². The standard InChI is InChI=1S/C20H23NO6/c1-12(19(24)21-10-4-7-18(22)23)26-13-8-9-15-14-5-2-3-6-16(14)20(25)27-17(15)11-13/h8-9,11-12H,2-7,10H2,1H3,(H,21,24)(H,22,23). The van der Waals surface area contributed by atoms with Gasteiger partial charge in [-0.25, -0.2) is 4.79 Å². The van der Waals surface area contributed by atoms with Crippen LogP contribution in [0.5, 0.6) is 5.75 Å². The minimum absolute atomic E-state index is 0.00352. The van der Waals surface area contributed by atoms with Crippen LogP contribution in [-0.2, 0) is 22.4 Å². The Hall–Kier alpha value is -2.83. The molecule has 1 amide bonds. The Morgan fingerprint density at radius 2 is 2.00 bits per heavy atom. The fourth-order valence-corrected chi connectivity index (χ4v) is 3.35. The predicted octanol–water partition coefficient (Wildman–Crippen LogP) is 2.42. The summed E-state index contributed by atoms with van der Waals surface area (Å²) in [5, 5.41) is 12.2. The van der Waals surface area contributed by atoms with Gasteiger partial charge in [0.15, 0.2) is 6.10 Å². The van der Waals surface area contributed by atoms with Crippen LogP contribution in [0.3, 0.4) is 0 Å². The van der Waals surface area contributed by atoms with Gasteiger partial charge in [0.25, 0.3) is 5.91 Å². The molecule has 0 saturated heterocycles. The summed E-state index contributed by atoms with van der Waals surface area (Å²) < 4.78 is 11.1. The third-order valence-corrected chi connectivity index (χ3v) is 4.74. The van der Waals surface area contributed by atoms with Crippen LogP contribution in [0.1, 0.15) is 43.7 Å². The molecule has 1 aromatic heterocycles. The van der Waals surface area contributed by atoms with Gasteiger partial charge in [-0.3, -0.25) is 9.59 Å². The molecule has 3 rings (SSSR count). The van der Waals surface area contributed by atoms with Gasteiger partial charge in [-0.2, -0.15) is 0 Å². The van der Waals surface area contributed by atoms with Crippen molar-refractivity contribution < 1.29 is 23.8 Å². The summed E-state index contributed by atoms with van der Waals surface area (Å²) in [6.45, 7) is 1.89. The fourth-order valence-electron chi connectivity index (χ4n) is 3.35. The average molecular weight is 373 g/mol. The van der Waals surface area contributed by atoms with Crippen molar-refractivity contribution in [3.8, 4) is 5.75 Å². The fraction of sp³-hybridized carbons (Fsp3) is 0.450. The number of fused-ring (bicyclic) bond motifs is 3. The molecule has 27 heavy (non-hydrogen) atoms. The van der Waals surface area contributed by atoms with Gasteiger partial charge in [0.05, 0.1) is 0 Å². The summed E-state index contributed by atoms with van der Waals surface area (Å²) in [4.78, 5) is 34.7. The average Bonchev–Trinajstić information content (AvgIpc) is 2.65. The van der Waals surface area contributed by atoms with E-state index in [2.05, 4.69) is 5.32 Å². The van der Waals surface area contributed by atoms with E-state index in [1.54, 1.807) is 19.1 Å². The lowest BCUT2D eigenvalue weighted by atomic mass is 9.91. The first-order valence-corrected chi connectivity index (χ1v) is 9.20. The third kappa shape index (κ3) is 4.48. The SMILES string of the molecule is CC(Oc1ccc2c3c(c(=O)oc2c1)CCCC3)C(=O)NCCCC(=O)O. The van der Waals surface area contributed by atoms with Crippen LogP contribution >= 0.6 is 0 Å². The largest absolute Gasteiger partial charge is 0.481 e. The molecule has 1 unspecified atom stereocenters. The van der Waals surface area contributed by atoms with Crippen LogP contribution in [-0.4, -0.2) is 29.6 Å². The molecule has 0 radical (unpaired) electrons. The number of nitrogens with one attached hydrogen (secondary N) is 1. The molecule has 0 saturated carbocycles. The second-order valence-electron chi connectivity index (χ2n) is 6.76. The maximum Gasteiger partial charge on any atom is 0.339 e. The van der Waals surface area contributed by atoms with Crippen molar-refractivity contribution in [3.63, 3.8) is 0 Å². The molecule has 7 heteroatoms. The Morgan fingerprint density at radius 3 is 2.74 bits per heavy atom. The van der Waals surface area contributed by atoms with Gasteiger partial charge in [-0.15, -0.1) is 0 Å². The molecule has 144 valence electrons. The highest BCUT2D eigenvalue weighted by atomic mass is 16.5. The predicted molar refractivity (Wildman–Crippen MR) is 99.1 cm³/mol. The number of amides is 1. The normalized spacial score (nSPS) is 14.4. The first-order valence-electron chi connectivity index (χ1n) is 9.20. The molecule has 0 fully saturated rings. The number of hydrogen-bond donors (Lipinski definition) is 2. The van der Waals surface area contributed by atoms with Gasteiger partial charge in [-0.1, -0.05) is 0 Å². The molecular formula is C20H23NO6. The third-order valence-electron chi connectivity index (χ3n) is 4.74. The molecule has 1 atom stereocenters. The monoisotopic (exact) mass is 373 g/mol. The maximum atomic E-state index is 12.2. The number of carbonyl (C=O) groups excluding carboxylic acids is 1. The summed E-state index contributed by atoms with van der Waals surface area (Å²) >= 11 is 0. The second kappa shape index (κ2) is 8.24. The van der Waals surface area contributed by atoms with Crippen LogP contribution in [0.15, 0.2) is 27.4 Å². The molecule has 2 N–H and O–H groups in total. The summed E-state index contributed by atoms with van der Waals surface area (Å²) in [7, 11) is 0. The van der Waals surface area contributed by atoms with Crippen molar-refractivity contribution in [2.24, 2.45) is 0 Å². The number of carboxylic acids is 1. The van der Waals surface area contributed by atoms with Crippen molar-refractivity contribution in [2.45, 2.75) is 51.6 Å². The minimum atomic E-state index is -0.895. The molecule has 2 aromatic rings. The minimum Gasteiger partial charge on any atom is -0.481 e.